The van der Waals surface area contributed by atoms with Crippen LogP contribution < -0.4 is 16.4 Å². The van der Waals surface area contributed by atoms with Gasteiger partial charge in [-0.25, -0.2) is 4.39 Å². The first kappa shape index (κ1) is 26.6. The fraction of sp³-hybridized carbons (Fsp3) is 0.667. The number of amides is 2. The summed E-state index contributed by atoms with van der Waals surface area (Å²) in [7, 11) is 0. The normalized spacial score (nSPS) is 21.0. The predicted octanol–water partition coefficient (Wildman–Crippen LogP) is 3.75. The minimum Gasteiger partial charge on any atom is -0.374 e. The van der Waals surface area contributed by atoms with Gasteiger partial charge < -0.3 is 16.0 Å². The molecule has 0 aliphatic carbocycles. The molecule has 2 heterocycles. The Morgan fingerprint density at radius 3 is 2.41 bits per heavy atom. The first-order chi connectivity index (χ1) is 15.0. The summed E-state index contributed by atoms with van der Waals surface area (Å²) in [4.78, 5) is 25.4. The quantitative estimate of drug-likeness (QED) is 0.340. The number of nitrogens with one attached hydrogen (secondary N) is 2. The number of benzene rings is 1. The summed E-state index contributed by atoms with van der Waals surface area (Å²) in [5, 5.41) is 5.59. The SMILES string of the molecule is Cl.NCCCCCCC(F)CN1CCC(c2ccc(NC3CCC(=O)NC3=O)cc2)CC1. The highest BCUT2D eigenvalue weighted by Gasteiger charge is 2.26. The lowest BCUT2D eigenvalue weighted by Gasteiger charge is -2.33. The number of hydrogen-bond acceptors (Lipinski definition) is 5. The van der Waals surface area contributed by atoms with Crippen molar-refractivity contribution in [2.24, 2.45) is 5.73 Å². The lowest BCUT2D eigenvalue weighted by atomic mass is 9.89. The van der Waals surface area contributed by atoms with Gasteiger partial charge in [0.05, 0.1) is 0 Å². The zero-order chi connectivity index (χ0) is 22.1. The van der Waals surface area contributed by atoms with Gasteiger partial charge in [-0.05, 0) is 75.4 Å². The van der Waals surface area contributed by atoms with E-state index in [1.807, 2.05) is 12.1 Å². The Kier molecular flexibility index (Phi) is 11.4. The number of anilines is 1. The molecule has 180 valence electrons. The minimum absolute atomic E-state index is 0. The molecule has 2 atom stereocenters. The molecule has 0 spiro atoms. The molecule has 6 nitrogen and oxygen atoms in total. The van der Waals surface area contributed by atoms with Crippen molar-refractivity contribution in [2.75, 3.05) is 31.5 Å². The summed E-state index contributed by atoms with van der Waals surface area (Å²) in [6, 6.07) is 7.89. The van der Waals surface area contributed by atoms with Crippen molar-refractivity contribution in [2.45, 2.75) is 75.9 Å². The number of carbonyl (C=O) groups excluding carboxylic acids is 2. The minimum atomic E-state index is -0.730. The van der Waals surface area contributed by atoms with Crippen LogP contribution >= 0.6 is 12.4 Å². The number of nitrogens with zero attached hydrogens (tertiary/aromatic N) is 1. The van der Waals surface area contributed by atoms with E-state index in [2.05, 4.69) is 27.7 Å². The molecule has 0 aromatic heterocycles. The molecular formula is C24H38ClFN4O2. The highest BCUT2D eigenvalue weighted by molar-refractivity contribution is 6.01. The van der Waals surface area contributed by atoms with Gasteiger partial charge in [-0.2, -0.15) is 0 Å². The number of carbonyl (C=O) groups is 2. The summed E-state index contributed by atoms with van der Waals surface area (Å²) in [5.41, 5.74) is 7.68. The largest absolute Gasteiger partial charge is 0.374 e. The second-order valence-corrected chi connectivity index (χ2v) is 8.93. The number of unbranched alkanes of at least 4 members (excludes halogenated alkanes) is 3. The Labute approximate surface area is 197 Å². The Balaban J connectivity index is 0.00000363. The molecule has 0 saturated carbocycles. The van der Waals surface area contributed by atoms with Gasteiger partial charge in [0, 0.05) is 18.7 Å². The predicted molar refractivity (Wildman–Crippen MR) is 129 cm³/mol. The van der Waals surface area contributed by atoms with Gasteiger partial charge in [0.15, 0.2) is 0 Å². The molecule has 0 bridgehead atoms. The van der Waals surface area contributed by atoms with E-state index < -0.39 is 6.17 Å². The summed E-state index contributed by atoms with van der Waals surface area (Å²) in [5.74, 6) is 0.0379. The molecule has 0 radical (unpaired) electrons. The van der Waals surface area contributed by atoms with E-state index in [0.29, 0.717) is 31.7 Å². The third-order valence-electron chi connectivity index (χ3n) is 6.48. The van der Waals surface area contributed by atoms with Crippen molar-refractivity contribution >= 4 is 29.9 Å². The van der Waals surface area contributed by atoms with Crippen LogP contribution in [0.3, 0.4) is 0 Å². The fourth-order valence-electron chi connectivity index (χ4n) is 4.57. The van der Waals surface area contributed by atoms with Gasteiger partial charge in [-0.15, -0.1) is 12.4 Å². The number of likely N-dealkylation sites (tertiary alicyclic amines) is 1. The van der Waals surface area contributed by atoms with Crippen LogP contribution in [0.4, 0.5) is 10.1 Å². The number of imide groups is 1. The third kappa shape index (κ3) is 8.34. The molecule has 1 aromatic rings. The highest BCUT2D eigenvalue weighted by atomic mass is 35.5. The Morgan fingerprint density at radius 2 is 1.75 bits per heavy atom. The van der Waals surface area contributed by atoms with E-state index in [-0.39, 0.29) is 30.3 Å². The Bertz CT molecular complexity index is 710. The van der Waals surface area contributed by atoms with E-state index in [4.69, 9.17) is 5.73 Å². The number of rotatable bonds is 11. The molecule has 2 amide bonds. The first-order valence-electron chi connectivity index (χ1n) is 11.8. The van der Waals surface area contributed by atoms with Gasteiger partial charge in [-0.1, -0.05) is 31.4 Å². The third-order valence-corrected chi connectivity index (χ3v) is 6.48. The van der Waals surface area contributed by atoms with E-state index in [1.54, 1.807) is 0 Å². The van der Waals surface area contributed by atoms with Crippen LogP contribution in [-0.4, -0.2) is 55.1 Å². The molecule has 2 aliphatic rings. The monoisotopic (exact) mass is 468 g/mol. The molecule has 3 rings (SSSR count). The number of nitrogens with two attached hydrogens (primary N) is 1. The Hall–Kier alpha value is -1.70. The summed E-state index contributed by atoms with van der Waals surface area (Å²) < 4.78 is 14.3. The zero-order valence-corrected chi connectivity index (χ0v) is 19.7. The van der Waals surface area contributed by atoms with Crippen LogP contribution in [0.1, 0.15) is 69.3 Å². The highest BCUT2D eigenvalue weighted by Crippen LogP contribution is 2.29. The maximum Gasteiger partial charge on any atom is 0.249 e. The lowest BCUT2D eigenvalue weighted by Crippen LogP contribution is -2.47. The van der Waals surface area contributed by atoms with Crippen LogP contribution in [0.5, 0.6) is 0 Å². The molecule has 32 heavy (non-hydrogen) atoms. The molecule has 1 aromatic carbocycles. The van der Waals surface area contributed by atoms with E-state index in [9.17, 15) is 14.0 Å². The summed E-state index contributed by atoms with van der Waals surface area (Å²) >= 11 is 0. The maximum atomic E-state index is 14.3. The molecule has 4 N–H and O–H groups in total. The van der Waals surface area contributed by atoms with Crippen molar-refractivity contribution in [3.63, 3.8) is 0 Å². The summed E-state index contributed by atoms with van der Waals surface area (Å²) in [6.07, 6.45) is 7.09. The van der Waals surface area contributed by atoms with E-state index in [1.165, 1.54) is 5.56 Å². The van der Waals surface area contributed by atoms with Crippen LogP contribution in [0, 0.1) is 0 Å². The van der Waals surface area contributed by atoms with Gasteiger partial charge in [0.1, 0.15) is 12.2 Å². The second kappa shape index (κ2) is 13.8. The number of piperidine rings is 2. The van der Waals surface area contributed by atoms with Gasteiger partial charge in [0.25, 0.3) is 0 Å². The van der Waals surface area contributed by atoms with Crippen molar-refractivity contribution < 1.29 is 14.0 Å². The molecule has 2 aliphatic heterocycles. The number of hydrogen-bond donors (Lipinski definition) is 3. The van der Waals surface area contributed by atoms with Crippen molar-refractivity contribution in [1.29, 1.82) is 0 Å². The van der Waals surface area contributed by atoms with Crippen LogP contribution in [-0.2, 0) is 9.59 Å². The van der Waals surface area contributed by atoms with Gasteiger partial charge >= 0.3 is 0 Å². The van der Waals surface area contributed by atoms with Gasteiger partial charge in [-0.3, -0.25) is 14.9 Å². The van der Waals surface area contributed by atoms with Gasteiger partial charge in [0.2, 0.25) is 11.8 Å². The Morgan fingerprint density at radius 1 is 1.06 bits per heavy atom. The number of alkyl halides is 1. The van der Waals surface area contributed by atoms with Crippen LogP contribution in [0.15, 0.2) is 24.3 Å². The topological polar surface area (TPSA) is 87.5 Å². The smallest absolute Gasteiger partial charge is 0.249 e. The molecule has 2 unspecified atom stereocenters. The van der Waals surface area contributed by atoms with Crippen LogP contribution in [0.25, 0.3) is 0 Å². The van der Waals surface area contributed by atoms with E-state index in [0.717, 1.165) is 63.8 Å². The molecular weight excluding hydrogens is 431 g/mol. The van der Waals surface area contributed by atoms with Crippen LogP contribution in [0.2, 0.25) is 0 Å². The molecule has 8 heteroatoms. The zero-order valence-electron chi connectivity index (χ0n) is 18.9. The maximum absolute atomic E-state index is 14.3. The standard InChI is InChI=1S/C24H37FN4O2.ClH/c25-20(5-3-1-2-4-14-26)17-29-15-12-19(13-16-29)18-6-8-21(9-7-18)27-22-10-11-23(30)28-24(22)31;/h6-9,19-20,22,27H,1-5,10-17,26H2,(H,28,30,31);1H. The number of halogens is 2. The summed E-state index contributed by atoms with van der Waals surface area (Å²) in [6.45, 7) is 3.16. The first-order valence-corrected chi connectivity index (χ1v) is 11.8. The fourth-order valence-corrected chi connectivity index (χ4v) is 4.57. The van der Waals surface area contributed by atoms with E-state index >= 15 is 0 Å². The van der Waals surface area contributed by atoms with Crippen molar-refractivity contribution in [3.05, 3.63) is 29.8 Å². The molecule has 2 fully saturated rings. The average molecular weight is 469 g/mol. The molecule has 2 saturated heterocycles. The second-order valence-electron chi connectivity index (χ2n) is 8.93. The average Bonchev–Trinajstić information content (AvgIpc) is 2.77. The lowest BCUT2D eigenvalue weighted by molar-refractivity contribution is -0.133. The van der Waals surface area contributed by atoms with Crippen molar-refractivity contribution in [1.82, 2.24) is 10.2 Å². The van der Waals surface area contributed by atoms with Crippen molar-refractivity contribution in [3.8, 4) is 0 Å².